The predicted octanol–water partition coefficient (Wildman–Crippen LogP) is 5.06. The van der Waals surface area contributed by atoms with Gasteiger partial charge in [-0.15, -0.1) is 0 Å². The van der Waals surface area contributed by atoms with Crippen molar-refractivity contribution in [2.45, 2.75) is 26.7 Å². The molecule has 4 rings (SSSR count). The molecule has 0 unspecified atom stereocenters. The van der Waals surface area contributed by atoms with E-state index in [2.05, 4.69) is 17.2 Å². The summed E-state index contributed by atoms with van der Waals surface area (Å²) in [6, 6.07) is 13.1. The number of aryl methyl sites for hydroxylation is 1. The van der Waals surface area contributed by atoms with Crippen LogP contribution in [0.4, 0.5) is 11.4 Å². The van der Waals surface area contributed by atoms with Gasteiger partial charge in [-0.3, -0.25) is 9.59 Å². The number of amides is 2. The summed E-state index contributed by atoms with van der Waals surface area (Å²) in [7, 11) is 0. The summed E-state index contributed by atoms with van der Waals surface area (Å²) in [5, 5.41) is 3.83. The van der Waals surface area contributed by atoms with E-state index < -0.39 is 0 Å². The van der Waals surface area contributed by atoms with Crippen LogP contribution in [0.15, 0.2) is 52.4 Å². The Bertz CT molecular complexity index is 1080. The molecule has 0 spiro atoms. The second-order valence-electron chi connectivity index (χ2n) is 6.94. The Balaban J connectivity index is 1.71. The van der Waals surface area contributed by atoms with Gasteiger partial charge in [-0.25, -0.2) is 4.99 Å². The molecule has 2 amide bonds. The van der Waals surface area contributed by atoms with Gasteiger partial charge >= 0.3 is 0 Å². The maximum absolute atomic E-state index is 13.2. The fourth-order valence-electron chi connectivity index (χ4n) is 3.34. The number of benzene rings is 2. The minimum atomic E-state index is -0.303. The molecule has 0 aromatic heterocycles. The van der Waals surface area contributed by atoms with Crippen molar-refractivity contribution in [2.24, 2.45) is 4.99 Å². The fraction of sp³-hybridized carbons (Fsp3) is 0.227. The summed E-state index contributed by atoms with van der Waals surface area (Å²) < 4.78 is 0. The third-order valence-electron chi connectivity index (χ3n) is 4.90. The lowest BCUT2D eigenvalue weighted by atomic mass is 10.1. The van der Waals surface area contributed by atoms with Crippen LogP contribution in [0.2, 0.25) is 5.02 Å². The Morgan fingerprint density at radius 3 is 2.72 bits per heavy atom. The van der Waals surface area contributed by atoms with Crippen molar-refractivity contribution in [2.75, 3.05) is 11.4 Å². The molecule has 0 aliphatic carbocycles. The van der Waals surface area contributed by atoms with Crippen molar-refractivity contribution >= 4 is 57.3 Å². The molecule has 2 aliphatic rings. The van der Waals surface area contributed by atoms with Crippen LogP contribution in [-0.4, -0.2) is 23.5 Å². The number of aliphatic imine (C=N–C) groups is 1. The number of fused-ring (bicyclic) bond motifs is 1. The number of carbonyl (C=O) groups is 2. The van der Waals surface area contributed by atoms with Gasteiger partial charge in [0, 0.05) is 17.1 Å². The number of nitrogens with one attached hydrogen (secondary N) is 1. The van der Waals surface area contributed by atoms with E-state index in [-0.39, 0.29) is 11.8 Å². The lowest BCUT2D eigenvalue weighted by Gasteiger charge is -2.16. The van der Waals surface area contributed by atoms with Crippen molar-refractivity contribution in [1.29, 1.82) is 0 Å². The second-order valence-corrected chi connectivity index (χ2v) is 8.34. The van der Waals surface area contributed by atoms with Gasteiger partial charge in [0.1, 0.15) is 0 Å². The first kappa shape index (κ1) is 19.7. The van der Waals surface area contributed by atoms with E-state index in [0.29, 0.717) is 32.9 Å². The molecule has 0 radical (unpaired) electrons. The number of hydrogen-bond donors (Lipinski definition) is 1. The highest BCUT2D eigenvalue weighted by atomic mass is 35.5. The summed E-state index contributed by atoms with van der Waals surface area (Å²) in [6.45, 7) is 4.64. The standard InChI is InChI=1S/C22H20ClN3O2S/c1-3-4-11-26-17-8-6-5-7-15(17)18(21(26)28)19-20(27)25-22(29-19)24-14-10-9-13(2)16(23)12-14/h5-10,12H,3-4,11H2,1-2H3,(H,24,25,27)/b19-18-. The van der Waals surface area contributed by atoms with E-state index in [1.165, 1.54) is 11.8 Å². The molecule has 2 aliphatic heterocycles. The molecule has 1 N–H and O–H groups in total. The van der Waals surface area contributed by atoms with Crippen molar-refractivity contribution in [3.63, 3.8) is 0 Å². The van der Waals surface area contributed by atoms with E-state index in [4.69, 9.17) is 11.6 Å². The number of carbonyl (C=O) groups excluding carboxylic acids is 2. The third-order valence-corrected chi connectivity index (χ3v) is 6.28. The molecule has 2 heterocycles. The lowest BCUT2D eigenvalue weighted by Crippen LogP contribution is -2.28. The zero-order chi connectivity index (χ0) is 20.5. The molecule has 0 saturated carbocycles. The summed E-state index contributed by atoms with van der Waals surface area (Å²) >= 11 is 7.36. The molecule has 1 fully saturated rings. The maximum Gasteiger partial charge on any atom is 0.264 e. The van der Waals surface area contributed by atoms with Crippen LogP contribution in [0, 0.1) is 6.92 Å². The lowest BCUT2D eigenvalue weighted by molar-refractivity contribution is -0.116. The molecule has 5 nitrogen and oxygen atoms in total. The topological polar surface area (TPSA) is 61.8 Å². The highest BCUT2D eigenvalue weighted by molar-refractivity contribution is 8.18. The minimum Gasteiger partial charge on any atom is -0.308 e. The molecule has 0 atom stereocenters. The summed E-state index contributed by atoms with van der Waals surface area (Å²) in [6.07, 6.45) is 1.89. The Labute approximate surface area is 178 Å². The van der Waals surface area contributed by atoms with Crippen LogP contribution >= 0.6 is 23.4 Å². The van der Waals surface area contributed by atoms with Gasteiger partial charge in [0.15, 0.2) is 5.17 Å². The van der Waals surface area contributed by atoms with Crippen LogP contribution < -0.4 is 10.2 Å². The molecule has 148 valence electrons. The SMILES string of the molecule is CCCCN1C(=O)/C(=C2\SC(=Nc3ccc(C)c(Cl)c3)NC2=O)c2ccccc21. The maximum atomic E-state index is 13.2. The minimum absolute atomic E-state index is 0.128. The average molecular weight is 426 g/mol. The first-order valence-electron chi connectivity index (χ1n) is 9.49. The number of thioether (sulfide) groups is 1. The van der Waals surface area contributed by atoms with Crippen molar-refractivity contribution < 1.29 is 9.59 Å². The van der Waals surface area contributed by atoms with Crippen LogP contribution in [0.25, 0.3) is 5.57 Å². The van der Waals surface area contributed by atoms with E-state index in [1.807, 2.05) is 43.3 Å². The number of rotatable bonds is 4. The molecular formula is C22H20ClN3O2S. The molecule has 7 heteroatoms. The molecule has 2 aromatic carbocycles. The van der Waals surface area contributed by atoms with Gasteiger partial charge in [0.05, 0.1) is 21.9 Å². The predicted molar refractivity (Wildman–Crippen MR) is 120 cm³/mol. The summed E-state index contributed by atoms with van der Waals surface area (Å²) in [5.74, 6) is -0.431. The van der Waals surface area contributed by atoms with E-state index in [0.717, 1.165) is 29.7 Å². The van der Waals surface area contributed by atoms with Crippen molar-refractivity contribution in [3.8, 4) is 0 Å². The molecule has 29 heavy (non-hydrogen) atoms. The van der Waals surface area contributed by atoms with Gasteiger partial charge in [0.2, 0.25) is 0 Å². The van der Waals surface area contributed by atoms with Crippen molar-refractivity contribution in [1.82, 2.24) is 5.32 Å². The van der Waals surface area contributed by atoms with Crippen LogP contribution in [0.1, 0.15) is 30.9 Å². The Hall–Kier alpha value is -2.57. The Kier molecular flexibility index (Phi) is 5.48. The van der Waals surface area contributed by atoms with E-state index in [1.54, 1.807) is 11.0 Å². The van der Waals surface area contributed by atoms with E-state index in [9.17, 15) is 9.59 Å². The summed E-state index contributed by atoms with van der Waals surface area (Å²) in [4.78, 5) is 32.5. The van der Waals surface area contributed by atoms with Crippen LogP contribution in [-0.2, 0) is 9.59 Å². The first-order chi connectivity index (χ1) is 14.0. The molecule has 2 aromatic rings. The van der Waals surface area contributed by atoms with E-state index >= 15 is 0 Å². The number of halogens is 1. The molecule has 1 saturated heterocycles. The highest BCUT2D eigenvalue weighted by Gasteiger charge is 2.38. The van der Waals surface area contributed by atoms with Gasteiger partial charge in [-0.05, 0) is 48.9 Å². The fourth-order valence-corrected chi connectivity index (χ4v) is 4.45. The quantitative estimate of drug-likeness (QED) is 0.696. The number of unbranched alkanes of at least 4 members (excludes halogenated alkanes) is 1. The molecular weight excluding hydrogens is 406 g/mol. The Morgan fingerprint density at radius 2 is 1.97 bits per heavy atom. The second kappa shape index (κ2) is 8.05. The third kappa shape index (κ3) is 3.70. The number of hydrogen-bond acceptors (Lipinski definition) is 4. The van der Waals surface area contributed by atoms with Crippen molar-refractivity contribution in [3.05, 3.63) is 63.5 Å². The van der Waals surface area contributed by atoms with Crippen LogP contribution in [0.3, 0.4) is 0 Å². The van der Waals surface area contributed by atoms with Gasteiger partial charge in [0.25, 0.3) is 11.8 Å². The molecule has 0 bridgehead atoms. The van der Waals surface area contributed by atoms with Gasteiger partial charge in [-0.2, -0.15) is 0 Å². The first-order valence-corrected chi connectivity index (χ1v) is 10.7. The van der Waals surface area contributed by atoms with Gasteiger partial charge in [-0.1, -0.05) is 49.2 Å². The van der Waals surface area contributed by atoms with Crippen LogP contribution in [0.5, 0.6) is 0 Å². The number of amidine groups is 1. The Morgan fingerprint density at radius 1 is 1.17 bits per heavy atom. The smallest absolute Gasteiger partial charge is 0.264 e. The number of nitrogens with zero attached hydrogens (tertiary/aromatic N) is 2. The monoisotopic (exact) mass is 425 g/mol. The van der Waals surface area contributed by atoms with Gasteiger partial charge < -0.3 is 10.2 Å². The summed E-state index contributed by atoms with van der Waals surface area (Å²) in [5.41, 5.74) is 3.72. The average Bonchev–Trinajstić information content (AvgIpc) is 3.19. The zero-order valence-electron chi connectivity index (χ0n) is 16.2. The largest absolute Gasteiger partial charge is 0.308 e. The number of anilines is 1. The number of para-hydroxylation sites is 1. The normalized spacial score (nSPS) is 19.8. The zero-order valence-corrected chi connectivity index (χ0v) is 17.7. The highest BCUT2D eigenvalue weighted by Crippen LogP contribution is 2.43.